The average molecular weight is 401 g/mol. The smallest absolute Gasteiger partial charge is 0.219 e. The van der Waals surface area contributed by atoms with Crippen LogP contribution in [-0.2, 0) is 4.79 Å². The first-order valence-electron chi connectivity index (χ1n) is 12.2. The van der Waals surface area contributed by atoms with E-state index in [0.717, 1.165) is 23.8 Å². The second-order valence-corrected chi connectivity index (χ2v) is 11.7. The number of carbonyl (C=O) groups is 1. The third kappa shape index (κ3) is 3.22. The highest BCUT2D eigenvalue weighted by Crippen LogP contribution is 2.66. The van der Waals surface area contributed by atoms with Gasteiger partial charge in [-0.3, -0.25) is 4.79 Å². The van der Waals surface area contributed by atoms with Crippen LogP contribution in [-0.4, -0.2) is 48.9 Å². The van der Waals surface area contributed by atoms with E-state index in [2.05, 4.69) is 45.8 Å². The van der Waals surface area contributed by atoms with Crippen molar-refractivity contribution in [2.75, 3.05) is 21.1 Å². The van der Waals surface area contributed by atoms with Crippen LogP contribution >= 0.6 is 0 Å². The number of amides is 1. The SMILES string of the molecule is CC(=O)N(C)[C@H](C)[C@H]1CC[C@H]2[C@@H]3CC=C4C[C@H](N(C)C)CC[C@]4(C)[C@H]3CC[C@]12C. The predicted molar refractivity (Wildman–Crippen MR) is 121 cm³/mol. The van der Waals surface area contributed by atoms with Crippen LogP contribution in [0.2, 0.25) is 0 Å². The Morgan fingerprint density at radius 2 is 1.79 bits per heavy atom. The Morgan fingerprint density at radius 1 is 1.07 bits per heavy atom. The zero-order valence-electron chi connectivity index (χ0n) is 20.0. The summed E-state index contributed by atoms with van der Waals surface area (Å²) in [5, 5.41) is 0. The Labute approximate surface area is 179 Å². The molecule has 0 bridgehead atoms. The fourth-order valence-electron chi connectivity index (χ4n) is 8.47. The Balaban J connectivity index is 1.57. The van der Waals surface area contributed by atoms with Gasteiger partial charge in [-0.15, -0.1) is 0 Å². The van der Waals surface area contributed by atoms with E-state index in [-0.39, 0.29) is 5.91 Å². The van der Waals surface area contributed by atoms with Crippen molar-refractivity contribution in [2.24, 2.45) is 34.5 Å². The van der Waals surface area contributed by atoms with Gasteiger partial charge in [-0.2, -0.15) is 0 Å². The standard InChI is InChI=1S/C26H44N2O/c1-17(28(7)18(2)29)22-10-11-23-21-9-8-19-16-20(27(5)6)12-14-25(19,3)24(21)13-15-26(22,23)4/h8,17,20-24H,9-16H2,1-7H3/t17-,20-,21+,22-,23+,24+,25+,26-/m1/s1. The summed E-state index contributed by atoms with van der Waals surface area (Å²) in [7, 11) is 6.52. The third-order valence-electron chi connectivity index (χ3n) is 10.6. The van der Waals surface area contributed by atoms with Crippen LogP contribution in [0.15, 0.2) is 11.6 Å². The molecule has 3 fully saturated rings. The molecule has 4 aliphatic rings. The summed E-state index contributed by atoms with van der Waals surface area (Å²) in [6.07, 6.45) is 13.4. The molecule has 29 heavy (non-hydrogen) atoms. The molecule has 0 N–H and O–H groups in total. The van der Waals surface area contributed by atoms with Gasteiger partial charge in [0, 0.05) is 26.1 Å². The van der Waals surface area contributed by atoms with Crippen LogP contribution in [0, 0.1) is 34.5 Å². The molecule has 0 saturated heterocycles. The van der Waals surface area contributed by atoms with Crippen LogP contribution in [0.3, 0.4) is 0 Å². The van der Waals surface area contributed by atoms with Gasteiger partial charge in [-0.1, -0.05) is 25.5 Å². The minimum absolute atomic E-state index is 0.216. The van der Waals surface area contributed by atoms with Crippen molar-refractivity contribution in [1.29, 1.82) is 0 Å². The first kappa shape index (κ1) is 21.4. The molecule has 0 aromatic heterocycles. The zero-order valence-corrected chi connectivity index (χ0v) is 20.0. The van der Waals surface area contributed by atoms with E-state index in [1.54, 1.807) is 12.5 Å². The van der Waals surface area contributed by atoms with Crippen molar-refractivity contribution in [3.05, 3.63) is 11.6 Å². The van der Waals surface area contributed by atoms with Crippen molar-refractivity contribution < 1.29 is 4.79 Å². The predicted octanol–water partition coefficient (Wildman–Crippen LogP) is 5.36. The summed E-state index contributed by atoms with van der Waals surface area (Å²) >= 11 is 0. The van der Waals surface area contributed by atoms with Gasteiger partial charge in [-0.05, 0) is 107 Å². The van der Waals surface area contributed by atoms with Crippen molar-refractivity contribution >= 4 is 5.91 Å². The van der Waals surface area contributed by atoms with Gasteiger partial charge in [0.05, 0.1) is 0 Å². The number of hydrogen-bond donors (Lipinski definition) is 0. The minimum Gasteiger partial charge on any atom is -0.343 e. The molecule has 0 unspecified atom stereocenters. The number of rotatable bonds is 3. The molecule has 0 aromatic rings. The maximum absolute atomic E-state index is 12.0. The molecule has 0 spiro atoms. The van der Waals surface area contributed by atoms with Gasteiger partial charge in [0.2, 0.25) is 5.91 Å². The van der Waals surface area contributed by atoms with E-state index >= 15 is 0 Å². The number of hydrogen-bond acceptors (Lipinski definition) is 2. The molecular formula is C26H44N2O. The summed E-state index contributed by atoms with van der Waals surface area (Å²) in [5.74, 6) is 3.45. The van der Waals surface area contributed by atoms with Gasteiger partial charge in [0.15, 0.2) is 0 Å². The molecule has 164 valence electrons. The Morgan fingerprint density at radius 3 is 2.45 bits per heavy atom. The monoisotopic (exact) mass is 400 g/mol. The highest BCUT2D eigenvalue weighted by atomic mass is 16.2. The molecular weight excluding hydrogens is 356 g/mol. The molecule has 3 nitrogen and oxygen atoms in total. The second kappa shape index (κ2) is 7.39. The third-order valence-corrected chi connectivity index (χ3v) is 10.6. The first-order valence-corrected chi connectivity index (χ1v) is 12.2. The highest BCUT2D eigenvalue weighted by molar-refractivity contribution is 5.73. The summed E-state index contributed by atoms with van der Waals surface area (Å²) < 4.78 is 0. The van der Waals surface area contributed by atoms with Crippen molar-refractivity contribution in [1.82, 2.24) is 9.80 Å². The fourth-order valence-corrected chi connectivity index (χ4v) is 8.47. The first-order chi connectivity index (χ1) is 13.6. The molecule has 0 heterocycles. The van der Waals surface area contributed by atoms with Gasteiger partial charge < -0.3 is 9.80 Å². The maximum atomic E-state index is 12.0. The average Bonchev–Trinajstić information content (AvgIpc) is 3.03. The lowest BCUT2D eigenvalue weighted by molar-refractivity contribution is -0.132. The van der Waals surface area contributed by atoms with Crippen LogP contribution in [0.4, 0.5) is 0 Å². The lowest BCUT2D eigenvalue weighted by atomic mass is 9.47. The molecule has 3 heteroatoms. The summed E-state index contributed by atoms with van der Waals surface area (Å²) in [5.41, 5.74) is 2.63. The van der Waals surface area contributed by atoms with E-state index in [1.807, 2.05) is 11.9 Å². The molecule has 3 saturated carbocycles. The topological polar surface area (TPSA) is 23.6 Å². The van der Waals surface area contributed by atoms with E-state index in [1.165, 1.54) is 51.4 Å². The Hall–Kier alpha value is -0.830. The summed E-state index contributed by atoms with van der Waals surface area (Å²) in [4.78, 5) is 16.5. The molecule has 0 aromatic carbocycles. The van der Waals surface area contributed by atoms with Crippen LogP contribution < -0.4 is 0 Å². The molecule has 4 aliphatic carbocycles. The van der Waals surface area contributed by atoms with E-state index in [0.29, 0.717) is 22.8 Å². The fraction of sp³-hybridized carbons (Fsp3) is 0.885. The van der Waals surface area contributed by atoms with Gasteiger partial charge in [0.1, 0.15) is 0 Å². The molecule has 4 rings (SSSR count). The summed E-state index contributed by atoms with van der Waals surface area (Å²) in [6.45, 7) is 9.22. The number of nitrogens with zero attached hydrogens (tertiary/aromatic N) is 2. The van der Waals surface area contributed by atoms with E-state index in [9.17, 15) is 4.79 Å². The molecule has 0 radical (unpaired) electrons. The van der Waals surface area contributed by atoms with Crippen molar-refractivity contribution in [3.63, 3.8) is 0 Å². The number of fused-ring (bicyclic) bond motifs is 5. The zero-order chi connectivity index (χ0) is 21.1. The van der Waals surface area contributed by atoms with Gasteiger partial charge in [-0.25, -0.2) is 0 Å². The largest absolute Gasteiger partial charge is 0.343 e. The quantitative estimate of drug-likeness (QED) is 0.595. The van der Waals surface area contributed by atoms with E-state index in [4.69, 9.17) is 0 Å². The lowest BCUT2D eigenvalue weighted by Crippen LogP contribution is -2.53. The number of carbonyl (C=O) groups excluding carboxylic acids is 1. The minimum atomic E-state index is 0.216. The number of allylic oxidation sites excluding steroid dienone is 1. The van der Waals surface area contributed by atoms with Crippen LogP contribution in [0.25, 0.3) is 0 Å². The van der Waals surface area contributed by atoms with Crippen molar-refractivity contribution in [2.45, 2.75) is 91.1 Å². The highest BCUT2D eigenvalue weighted by Gasteiger charge is 2.59. The van der Waals surface area contributed by atoms with Crippen LogP contribution in [0.5, 0.6) is 0 Å². The van der Waals surface area contributed by atoms with Gasteiger partial charge in [0.25, 0.3) is 0 Å². The summed E-state index contributed by atoms with van der Waals surface area (Å²) in [6, 6.07) is 1.10. The van der Waals surface area contributed by atoms with Crippen LogP contribution in [0.1, 0.15) is 79.1 Å². The normalized spacial score (nSPS) is 45.1. The molecule has 1 amide bonds. The van der Waals surface area contributed by atoms with Crippen molar-refractivity contribution in [3.8, 4) is 0 Å². The second-order valence-electron chi connectivity index (χ2n) is 11.7. The maximum Gasteiger partial charge on any atom is 0.219 e. The Kier molecular flexibility index (Phi) is 5.46. The molecule has 0 aliphatic heterocycles. The molecule has 8 atom stereocenters. The van der Waals surface area contributed by atoms with Gasteiger partial charge >= 0.3 is 0 Å². The Bertz CT molecular complexity index is 684. The van der Waals surface area contributed by atoms with E-state index < -0.39 is 0 Å². The lowest BCUT2D eigenvalue weighted by Gasteiger charge is -2.59.